The lowest BCUT2D eigenvalue weighted by Gasteiger charge is -2.31. The number of carbonyl (C=O) groups excluding carboxylic acids is 1. The van der Waals surface area contributed by atoms with Crippen LogP contribution in [-0.2, 0) is 14.8 Å². The lowest BCUT2D eigenvalue weighted by Crippen LogP contribution is -2.43. The Labute approximate surface area is 197 Å². The highest BCUT2D eigenvalue weighted by atomic mass is 35.5. The molecule has 33 heavy (non-hydrogen) atoms. The molecule has 0 spiro atoms. The summed E-state index contributed by atoms with van der Waals surface area (Å²) in [5.74, 6) is 0.674. The Kier molecular flexibility index (Phi) is 6.73. The number of benzene rings is 2. The summed E-state index contributed by atoms with van der Waals surface area (Å²) in [4.78, 5) is 13.0. The van der Waals surface area contributed by atoms with Crippen LogP contribution in [0.1, 0.15) is 24.3 Å². The zero-order chi connectivity index (χ0) is 23.6. The topological polar surface area (TPSA) is 102 Å². The van der Waals surface area contributed by atoms with Gasteiger partial charge in [0.05, 0.1) is 10.9 Å². The van der Waals surface area contributed by atoms with E-state index in [2.05, 4.69) is 10.5 Å². The molecule has 1 saturated heterocycles. The van der Waals surface area contributed by atoms with E-state index in [0.29, 0.717) is 47.3 Å². The number of rotatable bonds is 6. The van der Waals surface area contributed by atoms with Gasteiger partial charge in [0.25, 0.3) is 0 Å². The van der Waals surface area contributed by atoms with Crippen LogP contribution in [0.2, 0.25) is 5.02 Å². The summed E-state index contributed by atoms with van der Waals surface area (Å²) in [6, 6.07) is 14.1. The SMILES string of the molecule is Cc1noc(C)c1S(=O)(=O)N1CCCC(C(=O)Nc2ccc(Oc3ccccc3Cl)cc2)C1. The minimum atomic E-state index is -3.79. The maximum Gasteiger partial charge on any atom is 0.248 e. The molecule has 0 bridgehead atoms. The van der Waals surface area contributed by atoms with E-state index in [4.69, 9.17) is 20.9 Å². The number of halogens is 1. The molecule has 4 rings (SSSR count). The van der Waals surface area contributed by atoms with Crippen molar-refractivity contribution in [2.45, 2.75) is 31.6 Å². The smallest absolute Gasteiger partial charge is 0.248 e. The van der Waals surface area contributed by atoms with Gasteiger partial charge in [-0.3, -0.25) is 4.79 Å². The molecule has 1 N–H and O–H groups in total. The first-order valence-electron chi connectivity index (χ1n) is 10.5. The standard InChI is InChI=1S/C23H24ClN3O5S/c1-15-22(16(2)32-26-15)33(29,30)27-13-5-6-17(14-27)23(28)25-18-9-11-19(12-10-18)31-21-8-4-3-7-20(21)24/h3-4,7-12,17H,5-6,13-14H2,1-2H3,(H,25,28). The summed E-state index contributed by atoms with van der Waals surface area (Å²) in [5, 5.41) is 7.12. The second-order valence-electron chi connectivity index (χ2n) is 7.90. The maximum absolute atomic E-state index is 13.1. The molecule has 0 saturated carbocycles. The minimum Gasteiger partial charge on any atom is -0.456 e. The molecule has 0 radical (unpaired) electrons. The number of aromatic nitrogens is 1. The number of para-hydroxylation sites is 1. The third-order valence-corrected chi connectivity index (χ3v) is 7.93. The zero-order valence-corrected chi connectivity index (χ0v) is 19.8. The molecular formula is C23H24ClN3O5S. The van der Waals surface area contributed by atoms with Crippen LogP contribution in [0, 0.1) is 19.8 Å². The number of piperidine rings is 1. The van der Waals surface area contributed by atoms with Crippen LogP contribution in [0.4, 0.5) is 5.69 Å². The number of ether oxygens (including phenoxy) is 1. The minimum absolute atomic E-state index is 0.0812. The van der Waals surface area contributed by atoms with E-state index in [1.54, 1.807) is 50.2 Å². The number of hydrogen-bond donors (Lipinski definition) is 1. The predicted molar refractivity (Wildman–Crippen MR) is 124 cm³/mol. The molecule has 1 fully saturated rings. The van der Waals surface area contributed by atoms with Gasteiger partial charge in [-0.15, -0.1) is 0 Å². The van der Waals surface area contributed by atoms with Crippen LogP contribution in [-0.4, -0.2) is 36.9 Å². The van der Waals surface area contributed by atoms with Crippen molar-refractivity contribution in [3.05, 3.63) is 65.0 Å². The predicted octanol–water partition coefficient (Wildman–Crippen LogP) is 4.78. The molecule has 2 heterocycles. The summed E-state index contributed by atoms with van der Waals surface area (Å²) in [5.41, 5.74) is 0.912. The summed E-state index contributed by atoms with van der Waals surface area (Å²) in [6.07, 6.45) is 1.19. The van der Waals surface area contributed by atoms with Crippen molar-refractivity contribution in [3.8, 4) is 11.5 Å². The summed E-state index contributed by atoms with van der Waals surface area (Å²) in [7, 11) is -3.79. The number of aryl methyl sites for hydroxylation is 2. The molecule has 3 aromatic rings. The molecule has 10 heteroatoms. The lowest BCUT2D eigenvalue weighted by atomic mass is 9.99. The molecule has 174 valence electrons. The number of amides is 1. The number of nitrogens with zero attached hydrogens (tertiary/aromatic N) is 2. The van der Waals surface area contributed by atoms with E-state index in [0.717, 1.165) is 0 Å². The average molecular weight is 490 g/mol. The van der Waals surface area contributed by atoms with Gasteiger partial charge in [0.2, 0.25) is 15.9 Å². The Hall–Kier alpha value is -2.88. The Balaban J connectivity index is 1.41. The van der Waals surface area contributed by atoms with E-state index < -0.39 is 15.9 Å². The van der Waals surface area contributed by atoms with Crippen LogP contribution in [0.5, 0.6) is 11.5 Å². The Morgan fingerprint density at radius 1 is 1.18 bits per heavy atom. The van der Waals surface area contributed by atoms with Crippen LogP contribution >= 0.6 is 11.6 Å². The average Bonchev–Trinajstić information content (AvgIpc) is 3.15. The van der Waals surface area contributed by atoms with Crippen molar-refractivity contribution in [2.24, 2.45) is 5.92 Å². The van der Waals surface area contributed by atoms with Gasteiger partial charge >= 0.3 is 0 Å². The van der Waals surface area contributed by atoms with Crippen molar-refractivity contribution in [1.82, 2.24) is 9.46 Å². The van der Waals surface area contributed by atoms with Crippen molar-refractivity contribution < 1.29 is 22.5 Å². The summed E-state index contributed by atoms with van der Waals surface area (Å²) in [6.45, 7) is 3.62. The monoisotopic (exact) mass is 489 g/mol. The number of sulfonamides is 1. The number of anilines is 1. The van der Waals surface area contributed by atoms with E-state index >= 15 is 0 Å². The summed E-state index contributed by atoms with van der Waals surface area (Å²) < 4.78 is 38.3. The van der Waals surface area contributed by atoms with Gasteiger partial charge in [0.15, 0.2) is 5.76 Å². The molecule has 2 aromatic carbocycles. The number of carbonyl (C=O) groups is 1. The first-order valence-corrected chi connectivity index (χ1v) is 12.3. The lowest BCUT2D eigenvalue weighted by molar-refractivity contribution is -0.120. The van der Waals surface area contributed by atoms with E-state index in [1.165, 1.54) is 4.31 Å². The van der Waals surface area contributed by atoms with Crippen molar-refractivity contribution in [2.75, 3.05) is 18.4 Å². The zero-order valence-electron chi connectivity index (χ0n) is 18.2. The van der Waals surface area contributed by atoms with Gasteiger partial charge in [0.1, 0.15) is 22.1 Å². The van der Waals surface area contributed by atoms with Gasteiger partial charge in [-0.2, -0.15) is 4.31 Å². The first-order chi connectivity index (χ1) is 15.8. The molecule has 1 aliphatic rings. The van der Waals surface area contributed by atoms with E-state index in [1.807, 2.05) is 12.1 Å². The Morgan fingerprint density at radius 3 is 2.58 bits per heavy atom. The highest BCUT2D eigenvalue weighted by Crippen LogP contribution is 2.30. The van der Waals surface area contributed by atoms with Gasteiger partial charge in [-0.1, -0.05) is 28.9 Å². The molecule has 1 atom stereocenters. The quantitative estimate of drug-likeness (QED) is 0.534. The summed E-state index contributed by atoms with van der Waals surface area (Å²) >= 11 is 6.12. The first kappa shape index (κ1) is 23.3. The number of nitrogens with one attached hydrogen (secondary N) is 1. The largest absolute Gasteiger partial charge is 0.456 e. The third kappa shape index (κ3) is 5.05. The number of hydrogen-bond acceptors (Lipinski definition) is 6. The van der Waals surface area contributed by atoms with Gasteiger partial charge in [-0.25, -0.2) is 8.42 Å². The molecule has 1 unspecified atom stereocenters. The third-order valence-electron chi connectivity index (χ3n) is 5.51. The van der Waals surface area contributed by atoms with Crippen molar-refractivity contribution >= 4 is 33.2 Å². The fraction of sp³-hybridized carbons (Fsp3) is 0.304. The second-order valence-corrected chi connectivity index (χ2v) is 10.2. The molecule has 1 aromatic heterocycles. The van der Waals surface area contributed by atoms with Crippen molar-refractivity contribution in [3.63, 3.8) is 0 Å². The molecule has 0 aliphatic carbocycles. The van der Waals surface area contributed by atoms with Gasteiger partial charge in [0, 0.05) is 18.8 Å². The molecule has 1 amide bonds. The maximum atomic E-state index is 13.1. The van der Waals surface area contributed by atoms with Crippen molar-refractivity contribution in [1.29, 1.82) is 0 Å². The fourth-order valence-electron chi connectivity index (χ4n) is 3.85. The van der Waals surface area contributed by atoms with Crippen LogP contribution in [0.15, 0.2) is 57.9 Å². The fourth-order valence-corrected chi connectivity index (χ4v) is 5.84. The Morgan fingerprint density at radius 2 is 1.91 bits per heavy atom. The van der Waals surface area contributed by atoms with Crippen LogP contribution < -0.4 is 10.1 Å². The molecule has 1 aliphatic heterocycles. The van der Waals surface area contributed by atoms with Gasteiger partial charge in [-0.05, 0) is 63.1 Å². The highest BCUT2D eigenvalue weighted by molar-refractivity contribution is 7.89. The van der Waals surface area contributed by atoms with Gasteiger partial charge < -0.3 is 14.6 Å². The molecule has 8 nitrogen and oxygen atoms in total. The normalized spacial score (nSPS) is 17.0. The van der Waals surface area contributed by atoms with E-state index in [-0.39, 0.29) is 23.1 Å². The van der Waals surface area contributed by atoms with Crippen LogP contribution in [0.3, 0.4) is 0 Å². The molecular weight excluding hydrogens is 466 g/mol. The second kappa shape index (κ2) is 9.54. The highest BCUT2D eigenvalue weighted by Gasteiger charge is 2.36. The Bertz CT molecular complexity index is 1240. The van der Waals surface area contributed by atoms with Crippen LogP contribution in [0.25, 0.3) is 0 Å². The van der Waals surface area contributed by atoms with E-state index in [9.17, 15) is 13.2 Å².